The Morgan fingerprint density at radius 2 is 1.61 bits per heavy atom. The minimum absolute atomic E-state index is 0.102. The first-order valence-corrected chi connectivity index (χ1v) is 7.68. The van der Waals surface area contributed by atoms with Crippen LogP contribution in [0.25, 0.3) is 6.08 Å². The summed E-state index contributed by atoms with van der Waals surface area (Å²) in [5.74, 6) is -2.56. The molecular formula is C18H14F4N2O4. The summed E-state index contributed by atoms with van der Waals surface area (Å²) in [5, 5.41) is 2.44. The van der Waals surface area contributed by atoms with Crippen molar-refractivity contribution < 1.29 is 36.6 Å². The number of nitrogens with two attached hydrogens (primary N) is 1. The standard InChI is InChI=1S/C18H14F4N2O4/c19-17(20)27-13-7-5-10(9-14(13)28-18(21)22)6-8-15(25)24-12-4-2-1-3-11(12)16(23)26/h1-9,17-18H,(H2,23,26)(H,24,25)/b8-6+. The number of nitrogens with one attached hydrogen (secondary N) is 1. The highest BCUT2D eigenvalue weighted by molar-refractivity contribution is 6.07. The zero-order chi connectivity index (χ0) is 20.7. The molecule has 0 bridgehead atoms. The number of amides is 2. The van der Waals surface area contributed by atoms with Crippen molar-refractivity contribution >= 4 is 23.6 Å². The summed E-state index contributed by atoms with van der Waals surface area (Å²) in [5.41, 5.74) is 5.71. The number of hydrogen-bond acceptors (Lipinski definition) is 4. The number of ether oxygens (including phenoxy) is 2. The number of para-hydroxylation sites is 1. The van der Waals surface area contributed by atoms with E-state index in [4.69, 9.17) is 5.73 Å². The van der Waals surface area contributed by atoms with Crippen LogP contribution in [0.3, 0.4) is 0 Å². The van der Waals surface area contributed by atoms with E-state index >= 15 is 0 Å². The van der Waals surface area contributed by atoms with Gasteiger partial charge >= 0.3 is 13.2 Å². The maximum Gasteiger partial charge on any atom is 0.387 e. The van der Waals surface area contributed by atoms with Crippen LogP contribution in [0.5, 0.6) is 11.5 Å². The lowest BCUT2D eigenvalue weighted by molar-refractivity contribution is -0.111. The Labute approximate surface area is 156 Å². The fourth-order valence-electron chi connectivity index (χ4n) is 2.16. The van der Waals surface area contributed by atoms with Gasteiger partial charge in [-0.1, -0.05) is 18.2 Å². The number of hydrogen-bond donors (Lipinski definition) is 2. The Balaban J connectivity index is 2.16. The molecule has 2 amide bonds. The van der Waals surface area contributed by atoms with E-state index in [1.165, 1.54) is 24.3 Å². The molecule has 2 aromatic carbocycles. The number of carbonyl (C=O) groups is 2. The molecule has 0 aromatic heterocycles. The first kappa shape index (κ1) is 20.7. The van der Waals surface area contributed by atoms with Crippen molar-refractivity contribution in [2.75, 3.05) is 5.32 Å². The normalized spacial score (nSPS) is 11.1. The summed E-state index contributed by atoms with van der Waals surface area (Å²) in [6.07, 6.45) is 2.28. The zero-order valence-corrected chi connectivity index (χ0v) is 14.1. The first-order chi connectivity index (χ1) is 13.3. The lowest BCUT2D eigenvalue weighted by Gasteiger charge is -2.12. The molecule has 0 aliphatic heterocycles. The van der Waals surface area contributed by atoms with E-state index in [2.05, 4.69) is 14.8 Å². The maximum atomic E-state index is 12.4. The summed E-state index contributed by atoms with van der Waals surface area (Å²) in [7, 11) is 0. The third kappa shape index (κ3) is 6.01. The van der Waals surface area contributed by atoms with Crippen molar-refractivity contribution in [2.45, 2.75) is 13.2 Å². The molecule has 28 heavy (non-hydrogen) atoms. The van der Waals surface area contributed by atoms with Crippen LogP contribution in [0.4, 0.5) is 23.2 Å². The van der Waals surface area contributed by atoms with Crippen molar-refractivity contribution in [3.63, 3.8) is 0 Å². The highest BCUT2D eigenvalue weighted by Gasteiger charge is 2.15. The molecule has 148 valence electrons. The van der Waals surface area contributed by atoms with E-state index in [1.54, 1.807) is 12.1 Å². The predicted molar refractivity (Wildman–Crippen MR) is 92.3 cm³/mol. The Morgan fingerprint density at radius 1 is 0.964 bits per heavy atom. The highest BCUT2D eigenvalue weighted by Crippen LogP contribution is 2.31. The molecule has 3 N–H and O–H groups in total. The second-order valence-corrected chi connectivity index (χ2v) is 5.20. The summed E-state index contributed by atoms with van der Waals surface area (Å²) in [4.78, 5) is 23.3. The predicted octanol–water partition coefficient (Wildman–Crippen LogP) is 3.64. The quantitative estimate of drug-likeness (QED) is 0.525. The van der Waals surface area contributed by atoms with E-state index in [1.807, 2.05) is 0 Å². The molecule has 6 nitrogen and oxygen atoms in total. The molecule has 10 heteroatoms. The Kier molecular flexibility index (Phi) is 6.96. The van der Waals surface area contributed by atoms with Gasteiger partial charge in [-0.3, -0.25) is 9.59 Å². The number of alkyl halides is 4. The minimum Gasteiger partial charge on any atom is -0.431 e. The number of primary amides is 1. The molecule has 2 rings (SSSR count). The average Bonchev–Trinajstić information content (AvgIpc) is 2.61. The van der Waals surface area contributed by atoms with Crippen LogP contribution < -0.4 is 20.5 Å². The van der Waals surface area contributed by atoms with Crippen LogP contribution in [-0.4, -0.2) is 25.0 Å². The maximum absolute atomic E-state index is 12.4. The molecule has 0 fully saturated rings. The molecular weight excluding hydrogens is 384 g/mol. The van der Waals surface area contributed by atoms with Gasteiger partial charge < -0.3 is 20.5 Å². The van der Waals surface area contributed by atoms with E-state index in [0.29, 0.717) is 0 Å². The molecule has 0 radical (unpaired) electrons. The third-order valence-electron chi connectivity index (χ3n) is 3.28. The molecule has 0 aliphatic carbocycles. The largest absolute Gasteiger partial charge is 0.431 e. The van der Waals surface area contributed by atoms with Gasteiger partial charge in [0.15, 0.2) is 11.5 Å². The van der Waals surface area contributed by atoms with Crippen LogP contribution in [-0.2, 0) is 4.79 Å². The molecule has 0 saturated carbocycles. The van der Waals surface area contributed by atoms with Gasteiger partial charge in [0.1, 0.15) is 0 Å². The molecule has 0 unspecified atom stereocenters. The number of anilines is 1. The first-order valence-electron chi connectivity index (χ1n) is 7.68. The van der Waals surface area contributed by atoms with E-state index < -0.39 is 36.5 Å². The van der Waals surface area contributed by atoms with Crippen molar-refractivity contribution in [3.05, 3.63) is 59.7 Å². The van der Waals surface area contributed by atoms with Gasteiger partial charge in [-0.2, -0.15) is 17.6 Å². The summed E-state index contributed by atoms with van der Waals surface area (Å²) >= 11 is 0. The van der Waals surface area contributed by atoms with E-state index in [9.17, 15) is 27.2 Å². The Hall–Kier alpha value is -3.56. The van der Waals surface area contributed by atoms with Gasteiger partial charge in [0.05, 0.1) is 11.3 Å². The van der Waals surface area contributed by atoms with Crippen LogP contribution in [0.1, 0.15) is 15.9 Å². The SMILES string of the molecule is NC(=O)c1ccccc1NC(=O)/C=C/c1ccc(OC(F)F)c(OC(F)F)c1. The molecule has 0 heterocycles. The second kappa shape index (κ2) is 9.40. The number of halogens is 4. The number of benzene rings is 2. The van der Waals surface area contributed by atoms with Crippen molar-refractivity contribution in [2.24, 2.45) is 5.73 Å². The Morgan fingerprint density at radius 3 is 2.25 bits per heavy atom. The zero-order valence-electron chi connectivity index (χ0n) is 14.1. The molecule has 0 saturated heterocycles. The number of rotatable bonds is 8. The molecule has 0 atom stereocenters. The van der Waals surface area contributed by atoms with Crippen LogP contribution in [0.15, 0.2) is 48.5 Å². The fraction of sp³-hybridized carbons (Fsp3) is 0.111. The van der Waals surface area contributed by atoms with Gasteiger partial charge in [0.2, 0.25) is 5.91 Å². The highest BCUT2D eigenvalue weighted by atomic mass is 19.3. The molecule has 0 spiro atoms. The van der Waals surface area contributed by atoms with Crippen LogP contribution in [0, 0.1) is 0 Å². The van der Waals surface area contributed by atoms with E-state index in [0.717, 1.165) is 18.2 Å². The third-order valence-corrected chi connectivity index (χ3v) is 3.28. The Bertz CT molecular complexity index is 888. The van der Waals surface area contributed by atoms with Gasteiger partial charge in [-0.25, -0.2) is 0 Å². The topological polar surface area (TPSA) is 90.7 Å². The van der Waals surface area contributed by atoms with Gasteiger partial charge in [0, 0.05) is 6.08 Å². The van der Waals surface area contributed by atoms with Crippen molar-refractivity contribution in [1.29, 1.82) is 0 Å². The van der Waals surface area contributed by atoms with Gasteiger partial charge in [-0.15, -0.1) is 0 Å². The van der Waals surface area contributed by atoms with E-state index in [-0.39, 0.29) is 16.8 Å². The lowest BCUT2D eigenvalue weighted by Crippen LogP contribution is -2.16. The molecule has 0 aliphatic rings. The summed E-state index contributed by atoms with van der Waals surface area (Å²) in [6, 6.07) is 9.32. The van der Waals surface area contributed by atoms with Crippen molar-refractivity contribution in [3.8, 4) is 11.5 Å². The van der Waals surface area contributed by atoms with Gasteiger partial charge in [0.25, 0.3) is 5.91 Å². The average molecular weight is 398 g/mol. The molecule has 2 aromatic rings. The smallest absolute Gasteiger partial charge is 0.387 e. The van der Waals surface area contributed by atoms with Gasteiger partial charge in [-0.05, 0) is 35.9 Å². The second-order valence-electron chi connectivity index (χ2n) is 5.20. The number of carbonyl (C=O) groups excluding carboxylic acids is 2. The summed E-state index contributed by atoms with van der Waals surface area (Å²) in [6.45, 7) is -6.48. The minimum atomic E-state index is -3.26. The van der Waals surface area contributed by atoms with Crippen LogP contribution >= 0.6 is 0 Å². The monoisotopic (exact) mass is 398 g/mol. The van der Waals surface area contributed by atoms with Crippen molar-refractivity contribution in [1.82, 2.24) is 0 Å². The summed E-state index contributed by atoms with van der Waals surface area (Å²) < 4.78 is 57.8. The fourth-order valence-corrected chi connectivity index (χ4v) is 2.16. The van der Waals surface area contributed by atoms with Crippen LogP contribution in [0.2, 0.25) is 0 Å². The lowest BCUT2D eigenvalue weighted by atomic mass is 10.1.